The van der Waals surface area contributed by atoms with E-state index < -0.39 is 0 Å². The third-order valence-electron chi connectivity index (χ3n) is 4.38. The van der Waals surface area contributed by atoms with Gasteiger partial charge in [-0.05, 0) is 26.7 Å². The number of carbonyl (C=O) groups is 2. The van der Waals surface area contributed by atoms with Crippen molar-refractivity contribution < 1.29 is 14.3 Å². The number of hydrogen-bond acceptors (Lipinski definition) is 7. The molecule has 0 atom stereocenters. The summed E-state index contributed by atoms with van der Waals surface area (Å²) in [6.07, 6.45) is 6.29. The van der Waals surface area contributed by atoms with E-state index in [2.05, 4.69) is 21.2 Å². The quantitative estimate of drug-likeness (QED) is 0.790. The Balaban J connectivity index is 1.56. The number of rotatable bonds is 4. The van der Waals surface area contributed by atoms with Gasteiger partial charge in [-0.25, -0.2) is 14.8 Å². The average Bonchev–Trinajstić information content (AvgIpc) is 3.27. The van der Waals surface area contributed by atoms with Gasteiger partial charge in [0.05, 0.1) is 10.7 Å². The molecule has 0 bridgehead atoms. The molecule has 0 radical (unpaired) electrons. The SMILES string of the molecule is C#CCOC(=O)N1CCC(c2nc(C(=O)Nc3nc(C)c(C)s3)cs2)CC1. The highest BCUT2D eigenvalue weighted by Crippen LogP contribution is 2.31. The van der Waals surface area contributed by atoms with Crippen molar-refractivity contribution in [2.24, 2.45) is 0 Å². The average molecular weight is 405 g/mol. The fraction of sp³-hybridized carbons (Fsp3) is 0.444. The Labute approximate surface area is 165 Å². The predicted octanol–water partition coefficient (Wildman–Crippen LogP) is 3.42. The molecule has 2 amide bonds. The topological polar surface area (TPSA) is 84.4 Å². The number of piperidine rings is 1. The van der Waals surface area contributed by atoms with Crippen molar-refractivity contribution in [1.29, 1.82) is 0 Å². The molecule has 142 valence electrons. The van der Waals surface area contributed by atoms with Gasteiger partial charge in [0, 0.05) is 29.3 Å². The van der Waals surface area contributed by atoms with E-state index in [1.807, 2.05) is 13.8 Å². The molecule has 0 spiro atoms. The first-order valence-corrected chi connectivity index (χ1v) is 10.2. The van der Waals surface area contributed by atoms with Gasteiger partial charge in [-0.15, -0.1) is 29.1 Å². The van der Waals surface area contributed by atoms with Gasteiger partial charge in [-0.1, -0.05) is 5.92 Å². The second kappa shape index (κ2) is 8.50. The van der Waals surface area contributed by atoms with Crippen LogP contribution in [-0.4, -0.2) is 46.6 Å². The normalized spacial score (nSPS) is 14.6. The molecule has 27 heavy (non-hydrogen) atoms. The molecule has 1 fully saturated rings. The van der Waals surface area contributed by atoms with Crippen LogP contribution in [0.5, 0.6) is 0 Å². The number of thiazole rings is 2. The fourth-order valence-electron chi connectivity index (χ4n) is 2.77. The maximum absolute atomic E-state index is 12.4. The van der Waals surface area contributed by atoms with Gasteiger partial charge in [0.2, 0.25) is 0 Å². The first kappa shape index (κ1) is 19.3. The number of terminal acetylenes is 1. The van der Waals surface area contributed by atoms with Gasteiger partial charge >= 0.3 is 6.09 Å². The van der Waals surface area contributed by atoms with Crippen molar-refractivity contribution in [3.63, 3.8) is 0 Å². The lowest BCUT2D eigenvalue weighted by molar-refractivity contribution is 0.102. The zero-order chi connectivity index (χ0) is 19.4. The number of hydrogen-bond donors (Lipinski definition) is 1. The lowest BCUT2D eigenvalue weighted by Crippen LogP contribution is -2.38. The highest BCUT2D eigenvalue weighted by atomic mass is 32.1. The molecule has 3 heterocycles. The van der Waals surface area contributed by atoms with Crippen LogP contribution in [0, 0.1) is 26.2 Å². The maximum atomic E-state index is 12.4. The summed E-state index contributed by atoms with van der Waals surface area (Å²) in [6, 6.07) is 0. The molecule has 7 nitrogen and oxygen atoms in total. The van der Waals surface area contributed by atoms with E-state index >= 15 is 0 Å². The third kappa shape index (κ3) is 4.64. The molecule has 0 unspecified atom stereocenters. The Kier molecular flexibility index (Phi) is 6.08. The van der Waals surface area contributed by atoms with E-state index in [4.69, 9.17) is 11.2 Å². The molecule has 2 aromatic rings. The van der Waals surface area contributed by atoms with Crippen LogP contribution in [0.4, 0.5) is 9.93 Å². The fourth-order valence-corrected chi connectivity index (χ4v) is 4.55. The molecule has 1 N–H and O–H groups in total. The zero-order valence-electron chi connectivity index (χ0n) is 15.2. The second-order valence-electron chi connectivity index (χ2n) is 6.21. The molecule has 1 aliphatic rings. The Morgan fingerprint density at radius 1 is 1.37 bits per heavy atom. The minimum atomic E-state index is -0.375. The largest absolute Gasteiger partial charge is 0.436 e. The van der Waals surface area contributed by atoms with Gasteiger partial charge in [-0.2, -0.15) is 0 Å². The van der Waals surface area contributed by atoms with Crippen LogP contribution in [-0.2, 0) is 4.74 Å². The molecular weight excluding hydrogens is 384 g/mol. The van der Waals surface area contributed by atoms with Crippen LogP contribution in [0.1, 0.15) is 44.8 Å². The molecule has 1 aliphatic heterocycles. The summed E-state index contributed by atoms with van der Waals surface area (Å²) in [5, 5.41) is 6.08. The van der Waals surface area contributed by atoms with Crippen LogP contribution in [0.25, 0.3) is 0 Å². The summed E-state index contributed by atoms with van der Waals surface area (Å²) in [5.41, 5.74) is 1.32. The highest BCUT2D eigenvalue weighted by Gasteiger charge is 2.27. The van der Waals surface area contributed by atoms with E-state index in [0.29, 0.717) is 23.9 Å². The van der Waals surface area contributed by atoms with E-state index in [0.717, 1.165) is 28.4 Å². The van der Waals surface area contributed by atoms with Crippen molar-refractivity contribution in [2.45, 2.75) is 32.6 Å². The van der Waals surface area contributed by atoms with Crippen LogP contribution < -0.4 is 5.32 Å². The van der Waals surface area contributed by atoms with Gasteiger partial charge < -0.3 is 9.64 Å². The molecular formula is C18H20N4O3S2. The maximum Gasteiger partial charge on any atom is 0.410 e. The Morgan fingerprint density at radius 3 is 2.74 bits per heavy atom. The number of carbonyl (C=O) groups excluding carboxylic acids is 2. The van der Waals surface area contributed by atoms with E-state index in [9.17, 15) is 9.59 Å². The summed E-state index contributed by atoms with van der Waals surface area (Å²) in [7, 11) is 0. The lowest BCUT2D eigenvalue weighted by atomic mass is 9.98. The summed E-state index contributed by atoms with van der Waals surface area (Å²) in [6.45, 7) is 5.05. The van der Waals surface area contributed by atoms with E-state index in [1.165, 1.54) is 22.7 Å². The number of ether oxygens (including phenoxy) is 1. The minimum Gasteiger partial charge on any atom is -0.436 e. The number of likely N-dealkylation sites (tertiary alicyclic amines) is 1. The number of anilines is 1. The monoisotopic (exact) mass is 404 g/mol. The van der Waals surface area contributed by atoms with Crippen molar-refractivity contribution in [1.82, 2.24) is 14.9 Å². The van der Waals surface area contributed by atoms with Crippen LogP contribution in [0.2, 0.25) is 0 Å². The Bertz CT molecular complexity index is 856. The van der Waals surface area contributed by atoms with Gasteiger partial charge in [0.25, 0.3) is 5.91 Å². The molecule has 9 heteroatoms. The minimum absolute atomic E-state index is 0.0120. The lowest BCUT2D eigenvalue weighted by Gasteiger charge is -2.30. The summed E-state index contributed by atoms with van der Waals surface area (Å²) in [5.74, 6) is 2.27. The van der Waals surface area contributed by atoms with Crippen molar-refractivity contribution in [3.8, 4) is 12.3 Å². The number of nitrogens with zero attached hydrogens (tertiary/aromatic N) is 3. The molecule has 2 aromatic heterocycles. The molecule has 0 aromatic carbocycles. The summed E-state index contributed by atoms with van der Waals surface area (Å²) < 4.78 is 4.95. The first-order chi connectivity index (χ1) is 13.0. The molecule has 0 saturated carbocycles. The molecule has 0 aliphatic carbocycles. The van der Waals surface area contributed by atoms with Crippen molar-refractivity contribution >= 4 is 39.8 Å². The van der Waals surface area contributed by atoms with Gasteiger partial charge in [0.1, 0.15) is 5.69 Å². The van der Waals surface area contributed by atoms with Gasteiger partial charge in [0.15, 0.2) is 11.7 Å². The van der Waals surface area contributed by atoms with Crippen LogP contribution >= 0.6 is 22.7 Å². The third-order valence-corrected chi connectivity index (χ3v) is 6.38. The van der Waals surface area contributed by atoms with Crippen LogP contribution in [0.15, 0.2) is 5.38 Å². The summed E-state index contributed by atoms with van der Waals surface area (Å²) >= 11 is 2.93. The number of aryl methyl sites for hydroxylation is 2. The standard InChI is InChI=1S/C18H20N4O3S2/c1-4-9-25-18(24)22-7-5-13(6-8-22)16-20-14(10-26-16)15(23)21-17-19-11(2)12(3)27-17/h1,10,13H,5-9H2,2-3H3,(H,19,21,23). The highest BCUT2D eigenvalue weighted by molar-refractivity contribution is 7.15. The number of aromatic nitrogens is 2. The molecule has 3 rings (SSSR count). The molecule has 1 saturated heterocycles. The predicted molar refractivity (Wildman–Crippen MR) is 105 cm³/mol. The second-order valence-corrected chi connectivity index (χ2v) is 8.30. The van der Waals surface area contributed by atoms with E-state index in [-0.39, 0.29) is 24.5 Å². The van der Waals surface area contributed by atoms with Crippen molar-refractivity contribution in [2.75, 3.05) is 25.0 Å². The first-order valence-electron chi connectivity index (χ1n) is 8.54. The number of nitrogens with one attached hydrogen (secondary N) is 1. The number of amides is 2. The van der Waals surface area contributed by atoms with Crippen LogP contribution in [0.3, 0.4) is 0 Å². The Morgan fingerprint density at radius 2 is 2.11 bits per heavy atom. The van der Waals surface area contributed by atoms with Gasteiger partial charge in [-0.3, -0.25) is 10.1 Å². The Hall–Kier alpha value is -2.44. The van der Waals surface area contributed by atoms with E-state index in [1.54, 1.807) is 10.3 Å². The smallest absolute Gasteiger partial charge is 0.410 e. The summed E-state index contributed by atoms with van der Waals surface area (Å²) in [4.78, 5) is 35.8. The van der Waals surface area contributed by atoms with Crippen molar-refractivity contribution in [3.05, 3.63) is 26.7 Å². The zero-order valence-corrected chi connectivity index (χ0v) is 16.8.